The molecule has 5 heteroatoms. The molecule has 1 N–H and O–H groups in total. The van der Waals surface area contributed by atoms with Crippen LogP contribution in [0.3, 0.4) is 0 Å². The Kier molecular flexibility index (Phi) is 7.20. The molecule has 0 fully saturated rings. The van der Waals surface area contributed by atoms with Crippen molar-refractivity contribution in [1.82, 2.24) is 5.32 Å². The average Bonchev–Trinajstić information content (AvgIpc) is 2.33. The third-order valence-electron chi connectivity index (χ3n) is 3.13. The number of sulfone groups is 1. The normalized spacial score (nSPS) is 13.7. The van der Waals surface area contributed by atoms with Gasteiger partial charge >= 0.3 is 0 Å². The summed E-state index contributed by atoms with van der Waals surface area (Å²) in [6.07, 6.45) is 1.94. The summed E-state index contributed by atoms with van der Waals surface area (Å²) in [6.45, 7) is 6.07. The van der Waals surface area contributed by atoms with Gasteiger partial charge in [-0.25, -0.2) is 8.42 Å². The molecule has 0 radical (unpaired) electrons. The fraction of sp³-hybridized carbons (Fsp3) is 0.600. The zero-order valence-electron chi connectivity index (χ0n) is 12.4. The lowest BCUT2D eigenvalue weighted by molar-refractivity contribution is 0.507. The lowest BCUT2D eigenvalue weighted by Crippen LogP contribution is -2.26. The first-order valence-corrected chi connectivity index (χ1v) is 9.78. The summed E-state index contributed by atoms with van der Waals surface area (Å²) >= 11 is 3.56. The van der Waals surface area contributed by atoms with Gasteiger partial charge in [0, 0.05) is 17.3 Å². The van der Waals surface area contributed by atoms with Gasteiger partial charge in [0.15, 0.2) is 0 Å². The van der Waals surface area contributed by atoms with E-state index in [9.17, 15) is 8.42 Å². The molecule has 0 heterocycles. The monoisotopic (exact) mass is 361 g/mol. The molecular weight excluding hydrogens is 338 g/mol. The minimum absolute atomic E-state index is 0.207. The number of hydrogen-bond donors (Lipinski definition) is 1. The molecule has 114 valence electrons. The summed E-state index contributed by atoms with van der Waals surface area (Å²) < 4.78 is 23.8. The van der Waals surface area contributed by atoms with E-state index in [2.05, 4.69) is 41.2 Å². The summed E-state index contributed by atoms with van der Waals surface area (Å²) in [5, 5.41) is 3.43. The molecule has 0 spiro atoms. The van der Waals surface area contributed by atoms with Crippen molar-refractivity contribution in [3.63, 3.8) is 0 Å². The Bertz CT molecular complexity index is 514. The molecule has 0 aliphatic rings. The van der Waals surface area contributed by atoms with E-state index >= 15 is 0 Å². The highest BCUT2D eigenvalue weighted by Gasteiger charge is 2.16. The van der Waals surface area contributed by atoms with Gasteiger partial charge in [-0.15, -0.1) is 0 Å². The van der Waals surface area contributed by atoms with Gasteiger partial charge in [-0.3, -0.25) is 0 Å². The first-order chi connectivity index (χ1) is 9.29. The highest BCUT2D eigenvalue weighted by Crippen LogP contribution is 2.27. The highest BCUT2D eigenvalue weighted by atomic mass is 79.9. The Labute approximate surface area is 131 Å². The maximum Gasteiger partial charge on any atom is 0.147 e. The van der Waals surface area contributed by atoms with Gasteiger partial charge in [-0.2, -0.15) is 0 Å². The smallest absolute Gasteiger partial charge is 0.147 e. The Morgan fingerprint density at radius 2 is 1.85 bits per heavy atom. The summed E-state index contributed by atoms with van der Waals surface area (Å²) in [5.74, 6) is 1.02. The fourth-order valence-corrected chi connectivity index (χ4v) is 3.40. The number of hydrogen-bond acceptors (Lipinski definition) is 3. The maximum atomic E-state index is 11.4. The van der Waals surface area contributed by atoms with Gasteiger partial charge in [0.1, 0.15) is 9.84 Å². The quantitative estimate of drug-likeness (QED) is 0.773. The molecule has 0 bridgehead atoms. The minimum Gasteiger partial charge on any atom is -0.316 e. The van der Waals surface area contributed by atoms with Gasteiger partial charge in [0.2, 0.25) is 0 Å². The van der Waals surface area contributed by atoms with Crippen molar-refractivity contribution >= 4 is 25.8 Å². The molecule has 1 rings (SSSR count). The molecule has 20 heavy (non-hydrogen) atoms. The molecule has 0 aliphatic carbocycles. The zero-order valence-corrected chi connectivity index (χ0v) is 14.8. The second-order valence-corrected chi connectivity index (χ2v) is 8.80. The molecule has 1 aromatic rings. The first-order valence-electron chi connectivity index (χ1n) is 6.92. The summed E-state index contributed by atoms with van der Waals surface area (Å²) in [6, 6.07) is 8.04. The molecule has 0 aromatic heterocycles. The second kappa shape index (κ2) is 8.15. The van der Waals surface area contributed by atoms with Gasteiger partial charge in [0.05, 0.1) is 5.75 Å². The Morgan fingerprint density at radius 1 is 1.20 bits per heavy atom. The van der Waals surface area contributed by atoms with Crippen molar-refractivity contribution in [2.45, 2.75) is 26.2 Å². The molecule has 0 saturated carbocycles. The SMILES string of the molecule is CC(C)CNCC(CCS(C)(=O)=O)c1ccccc1Br. The summed E-state index contributed by atoms with van der Waals surface area (Å²) in [5.41, 5.74) is 1.17. The summed E-state index contributed by atoms with van der Waals surface area (Å²) in [7, 11) is -2.92. The van der Waals surface area contributed by atoms with Crippen LogP contribution >= 0.6 is 15.9 Å². The number of benzene rings is 1. The second-order valence-electron chi connectivity index (χ2n) is 5.69. The number of halogens is 1. The molecule has 3 nitrogen and oxygen atoms in total. The molecule has 1 atom stereocenters. The standard InChI is InChI=1S/C15H24BrNO2S/c1-12(2)10-17-11-13(8-9-20(3,18)19)14-6-4-5-7-15(14)16/h4-7,12-13,17H,8-11H2,1-3H3. The van der Waals surface area contributed by atoms with Crippen LogP contribution in [0.4, 0.5) is 0 Å². The van der Waals surface area contributed by atoms with Gasteiger partial charge in [-0.05, 0) is 36.4 Å². The molecular formula is C15H24BrNO2S. The van der Waals surface area contributed by atoms with Crippen LogP contribution in [-0.2, 0) is 9.84 Å². The number of nitrogens with one attached hydrogen (secondary N) is 1. The van der Waals surface area contributed by atoms with Crippen LogP contribution in [-0.4, -0.2) is 33.5 Å². The molecule has 0 aliphatic heterocycles. The molecule has 1 aromatic carbocycles. The topological polar surface area (TPSA) is 46.2 Å². The Morgan fingerprint density at radius 3 is 2.40 bits per heavy atom. The van der Waals surface area contributed by atoms with Crippen molar-refractivity contribution in [2.24, 2.45) is 5.92 Å². The van der Waals surface area contributed by atoms with Crippen molar-refractivity contribution < 1.29 is 8.42 Å². The van der Waals surface area contributed by atoms with Crippen LogP contribution in [0.25, 0.3) is 0 Å². The van der Waals surface area contributed by atoms with Crippen LogP contribution < -0.4 is 5.32 Å². The third kappa shape index (κ3) is 6.86. The van der Waals surface area contributed by atoms with E-state index in [1.807, 2.05) is 18.2 Å². The van der Waals surface area contributed by atoms with Crippen molar-refractivity contribution in [2.75, 3.05) is 25.1 Å². The van der Waals surface area contributed by atoms with Crippen LogP contribution in [0, 0.1) is 5.92 Å². The first kappa shape index (κ1) is 17.7. The lowest BCUT2D eigenvalue weighted by atomic mass is 9.96. The Hall–Kier alpha value is -0.390. The van der Waals surface area contributed by atoms with E-state index in [0.29, 0.717) is 12.3 Å². The third-order valence-corrected chi connectivity index (χ3v) is 4.82. The Balaban J connectivity index is 2.76. The van der Waals surface area contributed by atoms with E-state index in [-0.39, 0.29) is 11.7 Å². The zero-order chi connectivity index (χ0) is 15.2. The fourth-order valence-electron chi connectivity index (χ4n) is 2.08. The predicted octanol–water partition coefficient (Wildman–Crippen LogP) is 3.21. The van der Waals surface area contributed by atoms with Crippen molar-refractivity contribution in [3.8, 4) is 0 Å². The largest absolute Gasteiger partial charge is 0.316 e. The van der Waals surface area contributed by atoms with E-state index in [1.165, 1.54) is 11.8 Å². The van der Waals surface area contributed by atoms with Crippen LogP contribution in [0.1, 0.15) is 31.7 Å². The molecule has 1 unspecified atom stereocenters. The highest BCUT2D eigenvalue weighted by molar-refractivity contribution is 9.10. The summed E-state index contributed by atoms with van der Waals surface area (Å²) in [4.78, 5) is 0. The minimum atomic E-state index is -2.92. The average molecular weight is 362 g/mol. The van der Waals surface area contributed by atoms with E-state index in [1.54, 1.807) is 0 Å². The van der Waals surface area contributed by atoms with Gasteiger partial charge in [-0.1, -0.05) is 48.0 Å². The van der Waals surface area contributed by atoms with Crippen molar-refractivity contribution in [3.05, 3.63) is 34.3 Å². The van der Waals surface area contributed by atoms with E-state index in [0.717, 1.165) is 17.6 Å². The molecule has 0 amide bonds. The van der Waals surface area contributed by atoms with E-state index in [4.69, 9.17) is 0 Å². The lowest BCUT2D eigenvalue weighted by Gasteiger charge is -2.20. The van der Waals surface area contributed by atoms with Gasteiger partial charge in [0.25, 0.3) is 0 Å². The van der Waals surface area contributed by atoms with E-state index < -0.39 is 9.84 Å². The predicted molar refractivity (Wildman–Crippen MR) is 88.9 cm³/mol. The van der Waals surface area contributed by atoms with Crippen molar-refractivity contribution in [1.29, 1.82) is 0 Å². The van der Waals surface area contributed by atoms with Crippen LogP contribution in [0.15, 0.2) is 28.7 Å². The van der Waals surface area contributed by atoms with Crippen LogP contribution in [0.2, 0.25) is 0 Å². The van der Waals surface area contributed by atoms with Crippen LogP contribution in [0.5, 0.6) is 0 Å². The number of rotatable bonds is 8. The molecule has 0 saturated heterocycles. The maximum absolute atomic E-state index is 11.4. The van der Waals surface area contributed by atoms with Gasteiger partial charge < -0.3 is 5.32 Å².